The average molecular weight is 232 g/mol. The SMILES string of the molecule is CCC/C=C/C=C/C=C/CCc1ccc(O)o1. The Morgan fingerprint density at radius 2 is 1.76 bits per heavy atom. The first-order valence-corrected chi connectivity index (χ1v) is 6.09. The van der Waals surface area contributed by atoms with Crippen LogP contribution in [0.5, 0.6) is 5.95 Å². The summed E-state index contributed by atoms with van der Waals surface area (Å²) in [5, 5.41) is 8.99. The molecule has 0 fully saturated rings. The van der Waals surface area contributed by atoms with Crippen molar-refractivity contribution in [1.82, 2.24) is 0 Å². The average Bonchev–Trinajstić information content (AvgIpc) is 2.73. The number of aryl methyl sites for hydroxylation is 1. The molecule has 0 spiro atoms. The second kappa shape index (κ2) is 8.45. The van der Waals surface area contributed by atoms with Crippen molar-refractivity contribution in [3.63, 3.8) is 0 Å². The van der Waals surface area contributed by atoms with Gasteiger partial charge in [-0.25, -0.2) is 0 Å². The number of furan rings is 1. The van der Waals surface area contributed by atoms with Gasteiger partial charge in [-0.2, -0.15) is 0 Å². The minimum Gasteiger partial charge on any atom is -0.481 e. The minimum atomic E-state index is -0.00932. The molecule has 0 aliphatic heterocycles. The second-order valence-corrected chi connectivity index (χ2v) is 3.81. The van der Waals surface area contributed by atoms with E-state index in [1.807, 2.05) is 18.2 Å². The summed E-state index contributed by atoms with van der Waals surface area (Å²) >= 11 is 0. The molecule has 1 rings (SSSR count). The van der Waals surface area contributed by atoms with Gasteiger partial charge in [0.1, 0.15) is 5.76 Å². The van der Waals surface area contributed by atoms with Gasteiger partial charge in [0.25, 0.3) is 5.95 Å². The molecule has 1 aromatic heterocycles. The lowest BCUT2D eigenvalue weighted by Gasteiger charge is -1.89. The van der Waals surface area contributed by atoms with Crippen molar-refractivity contribution in [3.05, 3.63) is 54.3 Å². The van der Waals surface area contributed by atoms with Gasteiger partial charge in [0.2, 0.25) is 0 Å². The van der Waals surface area contributed by atoms with Crippen molar-refractivity contribution in [2.45, 2.75) is 32.6 Å². The standard InChI is InChI=1S/C15H20O2/c1-2-3-4-5-6-7-8-9-10-11-14-12-13-15(16)17-14/h4-9,12-13,16H,2-3,10-11H2,1H3/b5-4+,7-6+,9-8+. The molecule has 2 nitrogen and oxygen atoms in total. The normalized spacial score (nSPS) is 12.3. The molecular weight excluding hydrogens is 212 g/mol. The molecular formula is C15H20O2. The first-order valence-electron chi connectivity index (χ1n) is 6.09. The first-order chi connectivity index (χ1) is 8.33. The van der Waals surface area contributed by atoms with E-state index in [0.717, 1.165) is 25.0 Å². The van der Waals surface area contributed by atoms with Crippen molar-refractivity contribution < 1.29 is 9.52 Å². The first kappa shape index (κ1) is 13.4. The summed E-state index contributed by atoms with van der Waals surface area (Å²) in [6, 6.07) is 3.37. The fourth-order valence-corrected chi connectivity index (χ4v) is 1.37. The van der Waals surface area contributed by atoms with Gasteiger partial charge in [0.15, 0.2) is 0 Å². The lowest BCUT2D eigenvalue weighted by molar-refractivity contribution is 0.319. The van der Waals surface area contributed by atoms with E-state index in [4.69, 9.17) is 9.52 Å². The maximum atomic E-state index is 8.99. The Morgan fingerprint density at radius 3 is 2.35 bits per heavy atom. The van der Waals surface area contributed by atoms with Gasteiger partial charge in [-0.1, -0.05) is 49.8 Å². The molecule has 92 valence electrons. The van der Waals surface area contributed by atoms with Gasteiger partial charge in [-0.3, -0.25) is 0 Å². The summed E-state index contributed by atoms with van der Waals surface area (Å²) in [6.07, 6.45) is 16.5. The van der Waals surface area contributed by atoms with Crippen LogP contribution in [0.25, 0.3) is 0 Å². The molecule has 2 heteroatoms. The van der Waals surface area contributed by atoms with Crippen LogP contribution in [0.1, 0.15) is 31.9 Å². The molecule has 1 aromatic rings. The molecule has 0 amide bonds. The van der Waals surface area contributed by atoms with Crippen LogP contribution in [0.15, 0.2) is 53.0 Å². The zero-order chi connectivity index (χ0) is 12.3. The van der Waals surface area contributed by atoms with Gasteiger partial charge in [-0.15, -0.1) is 0 Å². The number of unbranched alkanes of at least 4 members (excludes halogenated alkanes) is 1. The lowest BCUT2D eigenvalue weighted by atomic mass is 10.2. The van der Waals surface area contributed by atoms with Crippen molar-refractivity contribution >= 4 is 0 Å². The predicted molar refractivity (Wildman–Crippen MR) is 71.0 cm³/mol. The van der Waals surface area contributed by atoms with E-state index < -0.39 is 0 Å². The lowest BCUT2D eigenvalue weighted by Crippen LogP contribution is -1.76. The van der Waals surface area contributed by atoms with E-state index >= 15 is 0 Å². The number of allylic oxidation sites excluding steroid dienone is 6. The van der Waals surface area contributed by atoms with Crippen LogP contribution in [0.3, 0.4) is 0 Å². The Balaban J connectivity index is 2.14. The van der Waals surface area contributed by atoms with Gasteiger partial charge >= 0.3 is 0 Å². The van der Waals surface area contributed by atoms with Crippen molar-refractivity contribution in [2.24, 2.45) is 0 Å². The maximum absolute atomic E-state index is 8.99. The zero-order valence-electron chi connectivity index (χ0n) is 10.3. The van der Waals surface area contributed by atoms with Gasteiger partial charge < -0.3 is 9.52 Å². The highest BCUT2D eigenvalue weighted by molar-refractivity contribution is 5.13. The number of hydrogen-bond donors (Lipinski definition) is 1. The van der Waals surface area contributed by atoms with Crippen LogP contribution < -0.4 is 0 Å². The summed E-state index contributed by atoms with van der Waals surface area (Å²) in [5.41, 5.74) is 0. The number of hydrogen-bond acceptors (Lipinski definition) is 2. The minimum absolute atomic E-state index is 0.00932. The highest BCUT2D eigenvalue weighted by Crippen LogP contribution is 2.14. The smallest absolute Gasteiger partial charge is 0.281 e. The molecule has 0 aliphatic rings. The summed E-state index contributed by atoms with van der Waals surface area (Å²) < 4.78 is 5.05. The highest BCUT2D eigenvalue weighted by atomic mass is 16.5. The zero-order valence-corrected chi connectivity index (χ0v) is 10.3. The molecule has 1 heterocycles. The quantitative estimate of drug-likeness (QED) is 0.707. The third-order valence-electron chi connectivity index (χ3n) is 2.27. The third kappa shape index (κ3) is 6.46. The topological polar surface area (TPSA) is 33.4 Å². The van der Waals surface area contributed by atoms with E-state index in [-0.39, 0.29) is 5.95 Å². The van der Waals surface area contributed by atoms with Crippen LogP contribution >= 0.6 is 0 Å². The van der Waals surface area contributed by atoms with Crippen molar-refractivity contribution in [1.29, 1.82) is 0 Å². The van der Waals surface area contributed by atoms with E-state index in [1.54, 1.807) is 12.1 Å². The number of aromatic hydroxyl groups is 1. The summed E-state index contributed by atoms with van der Waals surface area (Å²) in [5.74, 6) is 0.809. The Morgan fingerprint density at radius 1 is 1.06 bits per heavy atom. The van der Waals surface area contributed by atoms with Crippen LogP contribution in [0.2, 0.25) is 0 Å². The van der Waals surface area contributed by atoms with Crippen molar-refractivity contribution in [2.75, 3.05) is 0 Å². The monoisotopic (exact) mass is 232 g/mol. The largest absolute Gasteiger partial charge is 0.481 e. The van der Waals surface area contributed by atoms with Gasteiger partial charge in [0, 0.05) is 12.5 Å². The Labute approximate surface area is 103 Å². The van der Waals surface area contributed by atoms with E-state index in [2.05, 4.69) is 25.2 Å². The molecule has 0 atom stereocenters. The second-order valence-electron chi connectivity index (χ2n) is 3.81. The van der Waals surface area contributed by atoms with Crippen LogP contribution in [-0.2, 0) is 6.42 Å². The van der Waals surface area contributed by atoms with E-state index in [1.165, 1.54) is 6.42 Å². The summed E-state index contributed by atoms with van der Waals surface area (Å²) in [4.78, 5) is 0. The molecule has 0 radical (unpaired) electrons. The maximum Gasteiger partial charge on any atom is 0.281 e. The molecule has 0 saturated heterocycles. The Hall–Kier alpha value is -1.70. The van der Waals surface area contributed by atoms with Gasteiger partial charge in [-0.05, 0) is 18.9 Å². The summed E-state index contributed by atoms with van der Waals surface area (Å²) in [6.45, 7) is 2.17. The molecule has 17 heavy (non-hydrogen) atoms. The molecule has 1 N–H and O–H groups in total. The highest BCUT2D eigenvalue weighted by Gasteiger charge is 1.97. The van der Waals surface area contributed by atoms with Crippen molar-refractivity contribution in [3.8, 4) is 5.95 Å². The van der Waals surface area contributed by atoms with E-state index in [0.29, 0.717) is 0 Å². The Kier molecular flexibility index (Phi) is 6.64. The number of rotatable bonds is 7. The molecule has 0 bridgehead atoms. The fourth-order valence-electron chi connectivity index (χ4n) is 1.37. The van der Waals surface area contributed by atoms with Crippen LogP contribution in [0.4, 0.5) is 0 Å². The summed E-state index contributed by atoms with van der Waals surface area (Å²) in [7, 11) is 0. The predicted octanol–water partition coefficient (Wildman–Crippen LogP) is 4.39. The molecule has 0 unspecified atom stereocenters. The fraction of sp³-hybridized carbons (Fsp3) is 0.333. The van der Waals surface area contributed by atoms with Crippen LogP contribution in [0, 0.1) is 0 Å². The Bertz CT molecular complexity index is 383. The van der Waals surface area contributed by atoms with E-state index in [9.17, 15) is 0 Å². The third-order valence-corrected chi connectivity index (χ3v) is 2.27. The van der Waals surface area contributed by atoms with Gasteiger partial charge in [0.05, 0.1) is 0 Å². The molecule has 0 aliphatic carbocycles. The molecule has 0 saturated carbocycles. The van der Waals surface area contributed by atoms with Crippen LogP contribution in [-0.4, -0.2) is 5.11 Å². The molecule has 0 aromatic carbocycles.